The molecule has 1 aromatic heterocycles. The molecule has 0 spiro atoms. The van der Waals surface area contributed by atoms with Crippen molar-refractivity contribution in [3.05, 3.63) is 23.0 Å². The van der Waals surface area contributed by atoms with Gasteiger partial charge < -0.3 is 11.1 Å². The number of nitrogen functional groups attached to an aromatic ring is 1. The SMILES string of the molecule is CNC(=O)c1cc(Cl)ncc1N. The van der Waals surface area contributed by atoms with Crippen molar-refractivity contribution >= 4 is 23.2 Å². The Balaban J connectivity index is 3.13. The molecule has 0 unspecified atom stereocenters. The highest BCUT2D eigenvalue weighted by Crippen LogP contribution is 2.14. The predicted octanol–water partition coefficient (Wildman–Crippen LogP) is 0.677. The summed E-state index contributed by atoms with van der Waals surface area (Å²) in [4.78, 5) is 14.8. The van der Waals surface area contributed by atoms with E-state index in [2.05, 4.69) is 10.3 Å². The second-order valence-corrected chi connectivity index (χ2v) is 2.56. The van der Waals surface area contributed by atoms with Gasteiger partial charge >= 0.3 is 0 Å². The van der Waals surface area contributed by atoms with Gasteiger partial charge in [0.15, 0.2) is 0 Å². The monoisotopic (exact) mass is 185 g/mol. The summed E-state index contributed by atoms with van der Waals surface area (Å²) in [7, 11) is 1.52. The van der Waals surface area contributed by atoms with Crippen LogP contribution in [0.3, 0.4) is 0 Å². The average molecular weight is 186 g/mol. The minimum Gasteiger partial charge on any atom is -0.397 e. The zero-order valence-electron chi connectivity index (χ0n) is 6.47. The molecule has 0 radical (unpaired) electrons. The van der Waals surface area contributed by atoms with Gasteiger partial charge in [-0.1, -0.05) is 11.6 Å². The van der Waals surface area contributed by atoms with E-state index in [-0.39, 0.29) is 11.1 Å². The standard InChI is InChI=1S/C7H8ClN3O/c1-10-7(12)4-2-6(8)11-3-5(4)9/h2-3H,9H2,1H3,(H,10,12). The summed E-state index contributed by atoms with van der Waals surface area (Å²) in [5.41, 5.74) is 6.15. The number of hydrogen-bond acceptors (Lipinski definition) is 3. The first-order valence-electron chi connectivity index (χ1n) is 3.28. The molecule has 1 rings (SSSR count). The van der Waals surface area contributed by atoms with Crippen molar-refractivity contribution in [1.29, 1.82) is 0 Å². The average Bonchev–Trinajstić information content (AvgIpc) is 2.08. The smallest absolute Gasteiger partial charge is 0.253 e. The van der Waals surface area contributed by atoms with Crippen LogP contribution in [0.25, 0.3) is 0 Å². The Labute approximate surface area is 74.7 Å². The lowest BCUT2D eigenvalue weighted by atomic mass is 10.2. The highest BCUT2D eigenvalue weighted by atomic mass is 35.5. The first-order chi connectivity index (χ1) is 5.65. The van der Waals surface area contributed by atoms with Gasteiger partial charge in [-0.3, -0.25) is 4.79 Å². The lowest BCUT2D eigenvalue weighted by Gasteiger charge is -2.02. The van der Waals surface area contributed by atoms with Crippen LogP contribution in [0.5, 0.6) is 0 Å². The summed E-state index contributed by atoms with van der Waals surface area (Å²) >= 11 is 5.57. The molecule has 0 aliphatic rings. The van der Waals surface area contributed by atoms with Gasteiger partial charge in [0.25, 0.3) is 5.91 Å². The van der Waals surface area contributed by atoms with Crippen LogP contribution in [0.1, 0.15) is 10.4 Å². The quantitative estimate of drug-likeness (QED) is 0.633. The molecule has 4 nitrogen and oxygen atoms in total. The van der Waals surface area contributed by atoms with E-state index in [1.165, 1.54) is 19.3 Å². The Morgan fingerprint density at radius 1 is 1.75 bits per heavy atom. The van der Waals surface area contributed by atoms with E-state index >= 15 is 0 Å². The molecule has 5 heteroatoms. The first kappa shape index (κ1) is 8.80. The predicted molar refractivity (Wildman–Crippen MR) is 47.0 cm³/mol. The molecule has 0 aliphatic carbocycles. The lowest BCUT2D eigenvalue weighted by Crippen LogP contribution is -2.19. The molecule has 0 aromatic carbocycles. The van der Waals surface area contributed by atoms with E-state index in [1.54, 1.807) is 0 Å². The molecule has 64 valence electrons. The van der Waals surface area contributed by atoms with E-state index < -0.39 is 0 Å². The fourth-order valence-electron chi connectivity index (χ4n) is 0.772. The van der Waals surface area contributed by atoms with E-state index in [0.717, 1.165) is 0 Å². The maximum atomic E-state index is 11.1. The Morgan fingerprint density at radius 3 is 3.00 bits per heavy atom. The minimum atomic E-state index is -0.267. The van der Waals surface area contributed by atoms with Gasteiger partial charge in [-0.05, 0) is 6.07 Å². The van der Waals surface area contributed by atoms with Crippen LogP contribution in [0.4, 0.5) is 5.69 Å². The lowest BCUT2D eigenvalue weighted by molar-refractivity contribution is 0.0964. The fraction of sp³-hybridized carbons (Fsp3) is 0.143. The largest absolute Gasteiger partial charge is 0.397 e. The molecule has 3 N–H and O–H groups in total. The summed E-state index contributed by atoms with van der Waals surface area (Å²) in [5, 5.41) is 2.70. The summed E-state index contributed by atoms with van der Waals surface area (Å²) < 4.78 is 0. The first-order valence-corrected chi connectivity index (χ1v) is 3.66. The molecule has 0 saturated heterocycles. The van der Waals surface area contributed by atoms with Crippen molar-refractivity contribution in [1.82, 2.24) is 10.3 Å². The molecule has 0 bridgehead atoms. The number of amides is 1. The molecule has 1 aromatic rings. The number of nitrogens with zero attached hydrogens (tertiary/aromatic N) is 1. The zero-order valence-corrected chi connectivity index (χ0v) is 7.22. The van der Waals surface area contributed by atoms with Crippen LogP contribution >= 0.6 is 11.6 Å². The molecular formula is C7H8ClN3O. The Bertz CT molecular complexity index is 314. The third kappa shape index (κ3) is 1.65. The third-order valence-corrected chi connectivity index (χ3v) is 1.58. The van der Waals surface area contributed by atoms with Crippen LogP contribution in [-0.2, 0) is 0 Å². The number of carbonyl (C=O) groups is 1. The van der Waals surface area contributed by atoms with Crippen molar-refractivity contribution in [2.75, 3.05) is 12.8 Å². The van der Waals surface area contributed by atoms with E-state index in [9.17, 15) is 4.79 Å². The maximum absolute atomic E-state index is 11.1. The third-order valence-electron chi connectivity index (χ3n) is 1.37. The number of pyridine rings is 1. The number of nitrogens with two attached hydrogens (primary N) is 1. The number of halogens is 1. The molecule has 0 saturated carbocycles. The van der Waals surface area contributed by atoms with Gasteiger partial charge in [0, 0.05) is 7.05 Å². The van der Waals surface area contributed by atoms with E-state index in [1.807, 2.05) is 0 Å². The fourth-order valence-corrected chi connectivity index (χ4v) is 0.930. The van der Waals surface area contributed by atoms with Gasteiger partial charge in [0.1, 0.15) is 5.15 Å². The molecule has 1 heterocycles. The number of carbonyl (C=O) groups excluding carboxylic acids is 1. The molecule has 0 fully saturated rings. The second-order valence-electron chi connectivity index (χ2n) is 2.17. The van der Waals surface area contributed by atoms with Gasteiger partial charge in [-0.25, -0.2) is 4.98 Å². The Kier molecular flexibility index (Phi) is 2.50. The topological polar surface area (TPSA) is 68.0 Å². The van der Waals surface area contributed by atoms with Gasteiger partial charge in [0.2, 0.25) is 0 Å². The van der Waals surface area contributed by atoms with Crippen molar-refractivity contribution < 1.29 is 4.79 Å². The molecule has 12 heavy (non-hydrogen) atoms. The van der Waals surface area contributed by atoms with Crippen LogP contribution in [0.15, 0.2) is 12.3 Å². The van der Waals surface area contributed by atoms with Gasteiger partial charge in [-0.2, -0.15) is 0 Å². The van der Waals surface area contributed by atoms with Crippen LogP contribution in [0.2, 0.25) is 5.15 Å². The van der Waals surface area contributed by atoms with Crippen LogP contribution < -0.4 is 11.1 Å². The molecular weight excluding hydrogens is 178 g/mol. The van der Waals surface area contributed by atoms with Crippen molar-refractivity contribution in [2.45, 2.75) is 0 Å². The van der Waals surface area contributed by atoms with Crippen molar-refractivity contribution in [3.8, 4) is 0 Å². The summed E-state index contributed by atoms with van der Waals surface area (Å²) in [6.45, 7) is 0. The second kappa shape index (κ2) is 3.40. The number of hydrogen-bond donors (Lipinski definition) is 2. The van der Waals surface area contributed by atoms with Crippen LogP contribution in [-0.4, -0.2) is 17.9 Å². The summed E-state index contributed by atoms with van der Waals surface area (Å²) in [6.07, 6.45) is 1.35. The molecule has 0 aliphatic heterocycles. The van der Waals surface area contributed by atoms with Gasteiger partial charge in [0.05, 0.1) is 17.4 Å². The van der Waals surface area contributed by atoms with E-state index in [4.69, 9.17) is 17.3 Å². The molecule has 0 atom stereocenters. The van der Waals surface area contributed by atoms with Gasteiger partial charge in [-0.15, -0.1) is 0 Å². The van der Waals surface area contributed by atoms with Crippen LogP contribution in [0, 0.1) is 0 Å². The number of aromatic nitrogens is 1. The van der Waals surface area contributed by atoms with Crippen molar-refractivity contribution in [3.63, 3.8) is 0 Å². The normalized spacial score (nSPS) is 9.50. The Hall–Kier alpha value is -1.29. The Morgan fingerprint density at radius 2 is 2.42 bits per heavy atom. The number of rotatable bonds is 1. The summed E-state index contributed by atoms with van der Waals surface area (Å²) in [6, 6.07) is 1.43. The molecule has 1 amide bonds. The minimum absolute atomic E-state index is 0.253. The highest BCUT2D eigenvalue weighted by Gasteiger charge is 2.08. The van der Waals surface area contributed by atoms with E-state index in [0.29, 0.717) is 11.3 Å². The maximum Gasteiger partial charge on any atom is 0.253 e. The van der Waals surface area contributed by atoms with Crippen molar-refractivity contribution in [2.24, 2.45) is 0 Å². The highest BCUT2D eigenvalue weighted by molar-refractivity contribution is 6.29. The number of nitrogens with one attached hydrogen (secondary N) is 1. The number of anilines is 1. The summed E-state index contributed by atoms with van der Waals surface area (Å²) in [5.74, 6) is -0.267. The zero-order chi connectivity index (χ0) is 9.14.